The summed E-state index contributed by atoms with van der Waals surface area (Å²) in [7, 11) is 0. The number of carbonyl (C=O) groups is 3. The van der Waals surface area contributed by atoms with Crippen molar-refractivity contribution >= 4 is 17.9 Å². The average molecular weight is 673 g/mol. The van der Waals surface area contributed by atoms with Gasteiger partial charge in [-0.05, 0) is 121 Å². The molecule has 3 fully saturated rings. The van der Waals surface area contributed by atoms with Crippen molar-refractivity contribution in [1.29, 1.82) is 0 Å². The first-order valence-corrected chi connectivity index (χ1v) is 17.5. The van der Waals surface area contributed by atoms with Gasteiger partial charge in [0.2, 0.25) is 0 Å². The average Bonchev–Trinajstić information content (AvgIpc) is 3.10. The van der Waals surface area contributed by atoms with Crippen LogP contribution in [-0.4, -0.2) is 107 Å². The lowest BCUT2D eigenvalue weighted by atomic mass is 9.52. The molecule has 0 saturated heterocycles. The van der Waals surface area contributed by atoms with Crippen molar-refractivity contribution in [3.8, 4) is 0 Å². The van der Waals surface area contributed by atoms with Gasteiger partial charge in [0.05, 0.1) is 39.6 Å². The Morgan fingerprint density at radius 3 is 0.787 bits per heavy atom. The Balaban J connectivity index is 1.72. The van der Waals surface area contributed by atoms with Crippen molar-refractivity contribution in [2.75, 3.05) is 39.6 Å². The van der Waals surface area contributed by atoms with Crippen LogP contribution in [0.4, 0.5) is 0 Å². The minimum Gasteiger partial charge on any atom is -0.462 e. The maximum absolute atomic E-state index is 12.7. The molecule has 0 unspecified atom stereocenters. The number of aliphatic hydroxyl groups is 6. The summed E-state index contributed by atoms with van der Waals surface area (Å²) < 4.78 is 17.3. The molecule has 3 aliphatic carbocycles. The maximum atomic E-state index is 12.7. The van der Waals surface area contributed by atoms with Crippen LogP contribution in [0.2, 0.25) is 0 Å². The van der Waals surface area contributed by atoms with E-state index in [1.807, 2.05) is 0 Å². The number of hydrogen-bond acceptors (Lipinski definition) is 12. The van der Waals surface area contributed by atoms with Crippen LogP contribution in [0.1, 0.15) is 105 Å². The van der Waals surface area contributed by atoms with E-state index in [1.165, 1.54) is 20.8 Å². The van der Waals surface area contributed by atoms with Crippen LogP contribution in [0.5, 0.6) is 0 Å². The standard InChI is InChI=1S/C35H60O12/c1-32(17-36,18-37)29(42)45-26-11-5-23(6-12-26)35(4,24-7-13-27(14-8-24)46-30(43)33(2,19-38)20-39)25-9-15-28(16-10-25)47-31(44)34(3,21-40)22-41/h23-28,36-41H,5-22H2,1-4H3. The van der Waals surface area contributed by atoms with Crippen LogP contribution >= 0.6 is 0 Å². The summed E-state index contributed by atoms with van der Waals surface area (Å²) in [4.78, 5) is 38.1. The van der Waals surface area contributed by atoms with Crippen LogP contribution in [0.25, 0.3) is 0 Å². The van der Waals surface area contributed by atoms with E-state index in [4.69, 9.17) is 14.2 Å². The summed E-state index contributed by atoms with van der Waals surface area (Å²) in [5.74, 6) is -0.755. The van der Waals surface area contributed by atoms with Crippen LogP contribution in [0.15, 0.2) is 0 Å². The van der Waals surface area contributed by atoms with Crippen molar-refractivity contribution < 1.29 is 59.2 Å². The van der Waals surface area contributed by atoms with Gasteiger partial charge in [-0.2, -0.15) is 0 Å². The van der Waals surface area contributed by atoms with Gasteiger partial charge < -0.3 is 44.8 Å². The van der Waals surface area contributed by atoms with Crippen LogP contribution < -0.4 is 0 Å². The summed E-state index contributed by atoms with van der Waals surface area (Å²) >= 11 is 0. The van der Waals surface area contributed by atoms with Gasteiger partial charge in [-0.15, -0.1) is 0 Å². The van der Waals surface area contributed by atoms with Crippen LogP contribution in [0, 0.1) is 39.4 Å². The van der Waals surface area contributed by atoms with Crippen molar-refractivity contribution in [2.24, 2.45) is 39.4 Å². The Bertz CT molecular complexity index is 883. The van der Waals surface area contributed by atoms with Gasteiger partial charge in [0.1, 0.15) is 34.6 Å². The molecule has 272 valence electrons. The second-order valence-electron chi connectivity index (χ2n) is 15.6. The summed E-state index contributed by atoms with van der Waals surface area (Å²) in [5.41, 5.74) is -4.10. The molecule has 47 heavy (non-hydrogen) atoms. The van der Waals surface area contributed by atoms with Crippen molar-refractivity contribution in [3.05, 3.63) is 0 Å². The van der Waals surface area contributed by atoms with Crippen LogP contribution in [-0.2, 0) is 28.6 Å². The third kappa shape index (κ3) is 8.86. The van der Waals surface area contributed by atoms with E-state index in [-0.39, 0.29) is 23.7 Å². The monoisotopic (exact) mass is 672 g/mol. The summed E-state index contributed by atoms with van der Waals surface area (Å²) in [6.45, 7) is 3.86. The van der Waals surface area contributed by atoms with Crippen molar-refractivity contribution in [1.82, 2.24) is 0 Å². The first-order chi connectivity index (χ1) is 22.2. The van der Waals surface area contributed by atoms with Crippen molar-refractivity contribution in [2.45, 2.75) is 123 Å². The minimum atomic E-state index is -1.34. The van der Waals surface area contributed by atoms with Crippen molar-refractivity contribution in [3.63, 3.8) is 0 Å². The molecular formula is C35H60O12. The molecule has 0 aromatic heterocycles. The van der Waals surface area contributed by atoms with E-state index in [2.05, 4.69) is 6.92 Å². The lowest BCUT2D eigenvalue weighted by Gasteiger charge is -2.54. The zero-order valence-corrected chi connectivity index (χ0v) is 28.8. The largest absolute Gasteiger partial charge is 0.462 e. The number of ether oxygens (including phenoxy) is 3. The summed E-state index contributed by atoms with van der Waals surface area (Å²) in [6.07, 6.45) is 8.33. The first-order valence-electron chi connectivity index (χ1n) is 17.5. The fraction of sp³-hybridized carbons (Fsp3) is 0.914. The highest BCUT2D eigenvalue weighted by molar-refractivity contribution is 5.77. The Morgan fingerprint density at radius 1 is 0.426 bits per heavy atom. The fourth-order valence-electron chi connectivity index (χ4n) is 7.83. The molecule has 0 heterocycles. The van der Waals surface area contributed by atoms with Gasteiger partial charge in [0.15, 0.2) is 0 Å². The van der Waals surface area contributed by atoms with E-state index in [1.54, 1.807) is 0 Å². The Hall–Kier alpha value is -1.83. The number of aliphatic hydroxyl groups excluding tert-OH is 6. The van der Waals surface area contributed by atoms with Crippen LogP contribution in [0.3, 0.4) is 0 Å². The van der Waals surface area contributed by atoms with Gasteiger partial charge in [0.25, 0.3) is 0 Å². The molecule has 0 aromatic rings. The highest BCUT2D eigenvalue weighted by Gasteiger charge is 2.50. The van der Waals surface area contributed by atoms with Gasteiger partial charge in [-0.3, -0.25) is 14.4 Å². The smallest absolute Gasteiger partial charge is 0.316 e. The molecule has 0 aliphatic heterocycles. The second kappa shape index (κ2) is 16.7. The molecule has 0 radical (unpaired) electrons. The molecule has 3 rings (SSSR count). The third-order valence-corrected chi connectivity index (χ3v) is 12.1. The molecule has 0 bridgehead atoms. The van der Waals surface area contributed by atoms with Gasteiger partial charge >= 0.3 is 17.9 Å². The SMILES string of the molecule is CC(CO)(CO)C(=O)OC1CCC(C(C)(C2CCC(OC(=O)C(C)(CO)CO)CC2)C2CCC(OC(=O)C(C)(CO)CO)CC2)CC1. The molecule has 3 aliphatic rings. The van der Waals surface area contributed by atoms with Gasteiger partial charge in [0, 0.05) is 0 Å². The molecule has 12 heteroatoms. The Labute approximate surface area is 279 Å². The van der Waals surface area contributed by atoms with E-state index < -0.39 is 73.8 Å². The van der Waals surface area contributed by atoms with E-state index >= 15 is 0 Å². The molecule has 12 nitrogen and oxygen atoms in total. The lowest BCUT2D eigenvalue weighted by Crippen LogP contribution is -2.48. The quantitative estimate of drug-likeness (QED) is 0.110. The molecule has 6 N–H and O–H groups in total. The maximum Gasteiger partial charge on any atom is 0.316 e. The fourth-order valence-corrected chi connectivity index (χ4v) is 7.83. The third-order valence-electron chi connectivity index (χ3n) is 12.1. The number of esters is 3. The van der Waals surface area contributed by atoms with Gasteiger partial charge in [-0.1, -0.05) is 6.92 Å². The second-order valence-corrected chi connectivity index (χ2v) is 15.6. The molecule has 0 spiro atoms. The molecule has 0 aromatic carbocycles. The highest BCUT2D eigenvalue weighted by atomic mass is 16.6. The predicted octanol–water partition coefficient (Wildman–Crippen LogP) is 2.27. The minimum absolute atomic E-state index is 0.0843. The predicted molar refractivity (Wildman–Crippen MR) is 170 cm³/mol. The van der Waals surface area contributed by atoms with E-state index in [0.717, 1.165) is 38.5 Å². The molecule has 0 atom stereocenters. The molecule has 0 amide bonds. The number of hydrogen-bond donors (Lipinski definition) is 6. The van der Waals surface area contributed by atoms with E-state index in [9.17, 15) is 45.0 Å². The Morgan fingerprint density at radius 2 is 0.617 bits per heavy atom. The zero-order chi connectivity index (χ0) is 35.0. The van der Waals surface area contributed by atoms with E-state index in [0.29, 0.717) is 56.3 Å². The Kier molecular flexibility index (Phi) is 14.1. The normalized spacial score (nSPS) is 29.0. The zero-order valence-electron chi connectivity index (χ0n) is 28.8. The molecular weight excluding hydrogens is 612 g/mol. The highest BCUT2D eigenvalue weighted by Crippen LogP contribution is 2.57. The topological polar surface area (TPSA) is 200 Å². The lowest BCUT2D eigenvalue weighted by molar-refractivity contribution is -0.170. The summed E-state index contributed by atoms with van der Waals surface area (Å²) in [6, 6.07) is 0. The first kappa shape index (κ1) is 39.6. The van der Waals surface area contributed by atoms with Gasteiger partial charge in [-0.25, -0.2) is 0 Å². The number of carbonyl (C=O) groups excluding carboxylic acids is 3. The molecule has 3 saturated carbocycles. The number of rotatable bonds is 15. The summed E-state index contributed by atoms with van der Waals surface area (Å²) in [5, 5.41) is 57.8.